The van der Waals surface area contributed by atoms with Crippen molar-refractivity contribution in [1.29, 1.82) is 0 Å². The van der Waals surface area contributed by atoms with Gasteiger partial charge in [0.15, 0.2) is 0 Å². The second-order valence-corrected chi connectivity index (χ2v) is 5.98. The second-order valence-electron chi connectivity index (χ2n) is 5.98. The Morgan fingerprint density at radius 3 is 2.73 bits per heavy atom. The highest BCUT2D eigenvalue weighted by Gasteiger charge is 2.16. The summed E-state index contributed by atoms with van der Waals surface area (Å²) in [5.41, 5.74) is 1.39. The first-order chi connectivity index (χ1) is 12.7. The van der Waals surface area contributed by atoms with Crippen molar-refractivity contribution >= 4 is 16.7 Å². The van der Waals surface area contributed by atoms with Crippen molar-refractivity contribution in [2.75, 3.05) is 7.05 Å². The maximum atomic E-state index is 12.7. The van der Waals surface area contributed by atoms with Crippen LogP contribution < -0.4 is 0 Å². The molecule has 26 heavy (non-hydrogen) atoms. The zero-order chi connectivity index (χ0) is 17.9. The van der Waals surface area contributed by atoms with Crippen LogP contribution in [0.15, 0.2) is 71.5 Å². The molecule has 0 unspecified atom stereocenters. The van der Waals surface area contributed by atoms with Crippen molar-refractivity contribution in [3.63, 3.8) is 0 Å². The number of nitrogens with zero attached hydrogens (tertiary/aromatic N) is 4. The number of hydrogen-bond acceptors (Lipinski definition) is 5. The van der Waals surface area contributed by atoms with E-state index in [1.807, 2.05) is 48.5 Å². The standard InChI is InChI=1S/C20H16N4O2/c1-24(13-18-22-19(23-26-18)17-7-4-10-21-12-17)20(25)16-9-8-14-5-2-3-6-15(14)11-16/h2-12H,13H2,1H3. The van der Waals surface area contributed by atoms with Crippen LogP contribution in [0, 0.1) is 0 Å². The summed E-state index contributed by atoms with van der Waals surface area (Å²) in [5.74, 6) is 0.733. The van der Waals surface area contributed by atoms with Crippen molar-refractivity contribution < 1.29 is 9.32 Å². The first-order valence-corrected chi connectivity index (χ1v) is 8.18. The summed E-state index contributed by atoms with van der Waals surface area (Å²) in [7, 11) is 1.71. The van der Waals surface area contributed by atoms with Gasteiger partial charge in [-0.25, -0.2) is 0 Å². The van der Waals surface area contributed by atoms with Crippen LogP contribution in [0.3, 0.4) is 0 Å². The fourth-order valence-electron chi connectivity index (χ4n) is 2.75. The average molecular weight is 344 g/mol. The molecular weight excluding hydrogens is 328 g/mol. The molecule has 6 heteroatoms. The van der Waals surface area contributed by atoms with E-state index < -0.39 is 0 Å². The monoisotopic (exact) mass is 344 g/mol. The van der Waals surface area contributed by atoms with E-state index >= 15 is 0 Å². The Kier molecular flexibility index (Phi) is 4.15. The summed E-state index contributed by atoms with van der Waals surface area (Å²) in [4.78, 5) is 22.6. The first-order valence-electron chi connectivity index (χ1n) is 8.18. The molecule has 4 rings (SSSR count). The fourth-order valence-corrected chi connectivity index (χ4v) is 2.75. The highest BCUT2D eigenvalue weighted by atomic mass is 16.5. The number of carbonyl (C=O) groups is 1. The van der Waals surface area contributed by atoms with Crippen LogP contribution in [0.5, 0.6) is 0 Å². The van der Waals surface area contributed by atoms with Gasteiger partial charge < -0.3 is 9.42 Å². The minimum absolute atomic E-state index is 0.100. The Morgan fingerprint density at radius 2 is 1.92 bits per heavy atom. The number of fused-ring (bicyclic) bond motifs is 1. The number of aromatic nitrogens is 3. The minimum atomic E-state index is -0.100. The molecule has 1 amide bonds. The molecule has 2 aromatic carbocycles. The van der Waals surface area contributed by atoms with E-state index in [0.29, 0.717) is 17.3 Å². The minimum Gasteiger partial charge on any atom is -0.337 e. The van der Waals surface area contributed by atoms with E-state index in [0.717, 1.165) is 16.3 Å². The summed E-state index contributed by atoms with van der Waals surface area (Å²) >= 11 is 0. The van der Waals surface area contributed by atoms with Crippen LogP contribution in [0.1, 0.15) is 16.2 Å². The third kappa shape index (κ3) is 3.17. The molecule has 0 N–H and O–H groups in total. The number of carbonyl (C=O) groups excluding carboxylic acids is 1. The van der Waals surface area contributed by atoms with E-state index in [1.54, 1.807) is 30.4 Å². The summed E-state index contributed by atoms with van der Waals surface area (Å²) in [5, 5.41) is 6.08. The molecule has 0 spiro atoms. The smallest absolute Gasteiger partial charge is 0.254 e. The van der Waals surface area contributed by atoms with E-state index in [1.165, 1.54) is 0 Å². The Morgan fingerprint density at radius 1 is 1.08 bits per heavy atom. The molecule has 2 heterocycles. The van der Waals surface area contributed by atoms with Crippen LogP contribution >= 0.6 is 0 Å². The molecule has 0 bridgehead atoms. The van der Waals surface area contributed by atoms with Gasteiger partial charge in [-0.2, -0.15) is 4.98 Å². The van der Waals surface area contributed by atoms with Crippen LogP contribution in [0.4, 0.5) is 0 Å². The van der Waals surface area contributed by atoms with Gasteiger partial charge in [0.25, 0.3) is 5.91 Å². The topological polar surface area (TPSA) is 72.1 Å². The van der Waals surface area contributed by atoms with Crippen LogP contribution in [0.25, 0.3) is 22.2 Å². The number of hydrogen-bond donors (Lipinski definition) is 0. The Balaban J connectivity index is 1.51. The van der Waals surface area contributed by atoms with E-state index in [2.05, 4.69) is 15.1 Å². The molecule has 0 aliphatic rings. The van der Waals surface area contributed by atoms with Crippen molar-refractivity contribution in [3.05, 3.63) is 78.4 Å². The van der Waals surface area contributed by atoms with Gasteiger partial charge >= 0.3 is 0 Å². The van der Waals surface area contributed by atoms with Gasteiger partial charge in [0.1, 0.15) is 0 Å². The van der Waals surface area contributed by atoms with Crippen molar-refractivity contribution in [2.45, 2.75) is 6.54 Å². The first kappa shape index (κ1) is 16.0. The molecule has 0 saturated heterocycles. The Bertz CT molecular complexity index is 1060. The molecule has 0 aliphatic carbocycles. The van der Waals surface area contributed by atoms with Crippen LogP contribution in [-0.4, -0.2) is 33.0 Å². The molecule has 0 atom stereocenters. The molecule has 128 valence electrons. The fraction of sp³-hybridized carbons (Fsp3) is 0.100. The molecule has 6 nitrogen and oxygen atoms in total. The molecule has 0 fully saturated rings. The molecule has 0 aliphatic heterocycles. The summed E-state index contributed by atoms with van der Waals surface area (Å²) in [6.07, 6.45) is 3.35. The largest absolute Gasteiger partial charge is 0.337 e. The quantitative estimate of drug-likeness (QED) is 0.566. The third-order valence-electron chi connectivity index (χ3n) is 4.10. The van der Waals surface area contributed by atoms with Crippen molar-refractivity contribution in [3.8, 4) is 11.4 Å². The SMILES string of the molecule is CN(Cc1nc(-c2cccnc2)no1)C(=O)c1ccc2ccccc2c1. The summed E-state index contributed by atoms with van der Waals surface area (Å²) < 4.78 is 5.26. The van der Waals surface area contributed by atoms with Crippen molar-refractivity contribution in [1.82, 2.24) is 20.0 Å². The maximum Gasteiger partial charge on any atom is 0.254 e. The molecular formula is C20H16N4O2. The third-order valence-corrected chi connectivity index (χ3v) is 4.10. The zero-order valence-corrected chi connectivity index (χ0v) is 14.2. The van der Waals surface area contributed by atoms with Gasteiger partial charge in [0, 0.05) is 30.6 Å². The highest BCUT2D eigenvalue weighted by Crippen LogP contribution is 2.18. The molecule has 4 aromatic rings. The van der Waals surface area contributed by atoms with E-state index in [4.69, 9.17) is 4.52 Å². The van der Waals surface area contributed by atoms with E-state index in [9.17, 15) is 4.79 Å². The van der Waals surface area contributed by atoms with Gasteiger partial charge in [-0.3, -0.25) is 9.78 Å². The number of rotatable bonds is 4. The summed E-state index contributed by atoms with van der Waals surface area (Å²) in [6, 6.07) is 17.3. The molecule has 2 aromatic heterocycles. The normalized spacial score (nSPS) is 10.8. The lowest BCUT2D eigenvalue weighted by Gasteiger charge is -2.15. The maximum absolute atomic E-state index is 12.7. The van der Waals surface area contributed by atoms with E-state index in [-0.39, 0.29) is 12.5 Å². The predicted molar refractivity (Wildman–Crippen MR) is 97.3 cm³/mol. The number of benzene rings is 2. The highest BCUT2D eigenvalue weighted by molar-refractivity contribution is 5.98. The number of pyridine rings is 1. The van der Waals surface area contributed by atoms with Gasteiger partial charge in [0.2, 0.25) is 11.7 Å². The molecule has 0 saturated carbocycles. The molecule has 0 radical (unpaired) electrons. The second kappa shape index (κ2) is 6.76. The number of amides is 1. The Hall–Kier alpha value is -3.54. The lowest BCUT2D eigenvalue weighted by Crippen LogP contribution is -2.26. The van der Waals surface area contributed by atoms with Crippen LogP contribution in [0.2, 0.25) is 0 Å². The van der Waals surface area contributed by atoms with Gasteiger partial charge in [-0.1, -0.05) is 35.5 Å². The van der Waals surface area contributed by atoms with Crippen molar-refractivity contribution in [2.24, 2.45) is 0 Å². The van der Waals surface area contributed by atoms with Gasteiger partial charge in [-0.15, -0.1) is 0 Å². The predicted octanol–water partition coefficient (Wildman–Crippen LogP) is 3.56. The lowest BCUT2D eigenvalue weighted by atomic mass is 10.1. The van der Waals surface area contributed by atoms with Crippen LogP contribution in [-0.2, 0) is 6.54 Å². The lowest BCUT2D eigenvalue weighted by molar-refractivity contribution is 0.0769. The van der Waals surface area contributed by atoms with Gasteiger partial charge in [-0.05, 0) is 35.0 Å². The summed E-state index contributed by atoms with van der Waals surface area (Å²) in [6.45, 7) is 0.235. The Labute approximate surface area is 150 Å². The zero-order valence-electron chi connectivity index (χ0n) is 14.2. The van der Waals surface area contributed by atoms with Gasteiger partial charge in [0.05, 0.1) is 6.54 Å². The average Bonchev–Trinajstić information content (AvgIpc) is 3.16.